The number of benzene rings is 2. The first-order valence-electron chi connectivity index (χ1n) is 10.4. The number of sulfone groups is 1. The predicted molar refractivity (Wildman–Crippen MR) is 114 cm³/mol. The van der Waals surface area contributed by atoms with Gasteiger partial charge in [0.2, 0.25) is 5.91 Å². The zero-order chi connectivity index (χ0) is 21.1. The number of fused-ring (bicyclic) bond motifs is 1. The second kappa shape index (κ2) is 8.68. The van der Waals surface area contributed by atoms with Crippen molar-refractivity contribution in [3.05, 3.63) is 53.6 Å². The quantitative estimate of drug-likeness (QED) is 0.725. The van der Waals surface area contributed by atoms with Crippen LogP contribution in [0.25, 0.3) is 0 Å². The molecular weight excluding hydrogens is 402 g/mol. The lowest BCUT2D eigenvalue weighted by molar-refractivity contribution is -0.131. The highest BCUT2D eigenvalue weighted by atomic mass is 32.2. The summed E-state index contributed by atoms with van der Waals surface area (Å²) in [5.41, 5.74) is 2.01. The van der Waals surface area contributed by atoms with Crippen LogP contribution in [0.5, 0.6) is 11.5 Å². The minimum Gasteiger partial charge on any atom is -0.490 e. The number of hydrogen-bond acceptors (Lipinski definition) is 5. The van der Waals surface area contributed by atoms with Gasteiger partial charge in [-0.3, -0.25) is 4.79 Å². The maximum atomic E-state index is 12.9. The molecule has 0 unspecified atom stereocenters. The molecule has 0 aliphatic carbocycles. The summed E-state index contributed by atoms with van der Waals surface area (Å²) < 4.78 is 36.7. The molecule has 2 aliphatic heterocycles. The molecule has 4 rings (SSSR count). The molecule has 2 heterocycles. The number of rotatable bonds is 5. The van der Waals surface area contributed by atoms with Gasteiger partial charge in [0.15, 0.2) is 21.3 Å². The molecule has 160 valence electrons. The lowest BCUT2D eigenvalue weighted by Crippen LogP contribution is -2.31. The van der Waals surface area contributed by atoms with E-state index in [9.17, 15) is 13.2 Å². The molecule has 2 aromatic rings. The van der Waals surface area contributed by atoms with Crippen molar-refractivity contribution < 1.29 is 22.7 Å². The van der Waals surface area contributed by atoms with Crippen molar-refractivity contribution in [2.24, 2.45) is 0 Å². The third-order valence-corrected chi connectivity index (χ3v) is 7.43. The van der Waals surface area contributed by atoms with E-state index in [-0.39, 0.29) is 29.0 Å². The normalized spacial score (nSPS) is 18.8. The fraction of sp³-hybridized carbons (Fsp3) is 0.435. The summed E-state index contributed by atoms with van der Waals surface area (Å²) in [4.78, 5) is 15.0. The summed E-state index contributed by atoms with van der Waals surface area (Å²) in [6.45, 7) is 3.80. The molecule has 0 spiro atoms. The summed E-state index contributed by atoms with van der Waals surface area (Å²) >= 11 is 0. The van der Waals surface area contributed by atoms with Gasteiger partial charge in [-0.15, -0.1) is 0 Å². The molecule has 1 fully saturated rings. The van der Waals surface area contributed by atoms with Gasteiger partial charge < -0.3 is 14.4 Å². The van der Waals surface area contributed by atoms with Crippen molar-refractivity contribution in [2.75, 3.05) is 25.5 Å². The molecule has 0 saturated carbocycles. The van der Waals surface area contributed by atoms with Crippen LogP contribution in [0.15, 0.2) is 47.4 Å². The van der Waals surface area contributed by atoms with Crippen molar-refractivity contribution in [3.63, 3.8) is 0 Å². The summed E-state index contributed by atoms with van der Waals surface area (Å²) in [7, 11) is -3.48. The monoisotopic (exact) mass is 429 g/mol. The molecular formula is C23H27NO5S. The van der Waals surface area contributed by atoms with Crippen LogP contribution in [0.1, 0.15) is 42.9 Å². The van der Waals surface area contributed by atoms with Gasteiger partial charge in [0.1, 0.15) is 0 Å². The van der Waals surface area contributed by atoms with E-state index in [4.69, 9.17) is 9.47 Å². The van der Waals surface area contributed by atoms with Crippen LogP contribution in [0.2, 0.25) is 0 Å². The lowest BCUT2D eigenvalue weighted by atomic mass is 10.0. The third kappa shape index (κ3) is 4.46. The van der Waals surface area contributed by atoms with E-state index in [2.05, 4.69) is 0 Å². The van der Waals surface area contributed by atoms with Gasteiger partial charge in [0.25, 0.3) is 0 Å². The minimum absolute atomic E-state index is 0.0166. The van der Waals surface area contributed by atoms with Crippen molar-refractivity contribution >= 4 is 15.7 Å². The average Bonchev–Trinajstić information content (AvgIpc) is 3.11. The maximum Gasteiger partial charge on any atom is 0.224 e. The number of amides is 1. The van der Waals surface area contributed by atoms with Gasteiger partial charge >= 0.3 is 0 Å². The highest BCUT2D eigenvalue weighted by molar-refractivity contribution is 7.91. The van der Waals surface area contributed by atoms with Crippen molar-refractivity contribution in [1.29, 1.82) is 0 Å². The van der Waals surface area contributed by atoms with Gasteiger partial charge in [-0.1, -0.05) is 23.8 Å². The molecule has 1 saturated heterocycles. The number of likely N-dealkylation sites (tertiary alicyclic amines) is 1. The van der Waals surface area contributed by atoms with E-state index < -0.39 is 9.84 Å². The first-order chi connectivity index (χ1) is 14.4. The first kappa shape index (κ1) is 20.7. The topological polar surface area (TPSA) is 72.9 Å². The average molecular weight is 430 g/mol. The predicted octanol–water partition coefficient (Wildman–Crippen LogP) is 3.68. The maximum absolute atomic E-state index is 12.9. The minimum atomic E-state index is -3.48. The van der Waals surface area contributed by atoms with Crippen LogP contribution in [-0.2, 0) is 14.6 Å². The molecule has 0 N–H and O–H groups in total. The Labute approximate surface area is 177 Å². The second-order valence-corrected chi connectivity index (χ2v) is 9.99. The van der Waals surface area contributed by atoms with Crippen LogP contribution in [-0.4, -0.2) is 44.7 Å². The van der Waals surface area contributed by atoms with E-state index >= 15 is 0 Å². The van der Waals surface area contributed by atoms with Crippen molar-refractivity contribution in [2.45, 2.75) is 43.5 Å². The molecule has 2 aromatic carbocycles. The zero-order valence-corrected chi connectivity index (χ0v) is 18.0. The largest absolute Gasteiger partial charge is 0.490 e. The Kier molecular flexibility index (Phi) is 5.99. The van der Waals surface area contributed by atoms with Crippen LogP contribution >= 0.6 is 0 Å². The molecule has 0 radical (unpaired) electrons. The standard InChI is InChI=1S/C23H27NO5S/c1-17-5-8-19(9-6-17)30(26,27)15-11-23(25)24-12-2-4-20(24)18-7-10-21-22(16-18)29-14-3-13-28-21/h5-10,16,20H,2-4,11-15H2,1H3/t20-/m1/s1. The SMILES string of the molecule is Cc1ccc(S(=O)(=O)CCC(=O)N2CCC[C@@H]2c2ccc3c(c2)OCCCO3)cc1. The van der Waals surface area contributed by atoms with E-state index in [1.54, 1.807) is 24.3 Å². The first-order valence-corrected chi connectivity index (χ1v) is 12.1. The Morgan fingerprint density at radius 2 is 1.77 bits per heavy atom. The molecule has 7 heteroatoms. The van der Waals surface area contributed by atoms with Gasteiger partial charge in [-0.25, -0.2) is 8.42 Å². The Hall–Kier alpha value is -2.54. The lowest BCUT2D eigenvalue weighted by Gasteiger charge is -2.26. The second-order valence-electron chi connectivity index (χ2n) is 7.88. The van der Waals surface area contributed by atoms with Crippen molar-refractivity contribution in [1.82, 2.24) is 4.90 Å². The molecule has 0 bridgehead atoms. The molecule has 2 aliphatic rings. The van der Waals surface area contributed by atoms with Crippen LogP contribution < -0.4 is 9.47 Å². The van der Waals surface area contributed by atoms with E-state index in [0.29, 0.717) is 25.5 Å². The van der Waals surface area contributed by atoms with E-state index in [0.717, 1.165) is 36.1 Å². The molecule has 1 atom stereocenters. The number of aryl methyl sites for hydroxylation is 1. The Morgan fingerprint density at radius 3 is 2.53 bits per heavy atom. The fourth-order valence-corrected chi connectivity index (χ4v) is 5.26. The third-order valence-electron chi connectivity index (χ3n) is 5.69. The molecule has 1 amide bonds. The van der Waals surface area contributed by atoms with Crippen LogP contribution in [0, 0.1) is 6.92 Å². The van der Waals surface area contributed by atoms with Crippen LogP contribution in [0.3, 0.4) is 0 Å². The van der Waals surface area contributed by atoms with Gasteiger partial charge in [0, 0.05) is 19.4 Å². The smallest absolute Gasteiger partial charge is 0.224 e. The molecule has 6 nitrogen and oxygen atoms in total. The Morgan fingerprint density at radius 1 is 1.03 bits per heavy atom. The number of carbonyl (C=O) groups excluding carboxylic acids is 1. The van der Waals surface area contributed by atoms with E-state index in [1.807, 2.05) is 30.0 Å². The Balaban J connectivity index is 1.45. The summed E-state index contributed by atoms with van der Waals surface area (Å²) in [5.74, 6) is 1.14. The summed E-state index contributed by atoms with van der Waals surface area (Å²) in [6.07, 6.45) is 2.58. The van der Waals surface area contributed by atoms with Gasteiger partial charge in [-0.2, -0.15) is 0 Å². The highest BCUT2D eigenvalue weighted by Gasteiger charge is 2.31. The molecule has 0 aromatic heterocycles. The van der Waals surface area contributed by atoms with Crippen LogP contribution in [0.4, 0.5) is 0 Å². The number of hydrogen-bond donors (Lipinski definition) is 0. The van der Waals surface area contributed by atoms with Gasteiger partial charge in [0.05, 0.1) is 29.9 Å². The highest BCUT2D eigenvalue weighted by Crippen LogP contribution is 2.38. The van der Waals surface area contributed by atoms with Crippen molar-refractivity contribution in [3.8, 4) is 11.5 Å². The number of carbonyl (C=O) groups is 1. The van der Waals surface area contributed by atoms with E-state index in [1.165, 1.54) is 0 Å². The number of ether oxygens (including phenoxy) is 2. The summed E-state index contributed by atoms with van der Waals surface area (Å²) in [5, 5.41) is 0. The number of nitrogens with zero attached hydrogens (tertiary/aromatic N) is 1. The molecule has 30 heavy (non-hydrogen) atoms. The fourth-order valence-electron chi connectivity index (χ4n) is 4.03. The van der Waals surface area contributed by atoms with Gasteiger partial charge in [-0.05, 0) is 49.6 Å². The summed E-state index contributed by atoms with van der Waals surface area (Å²) in [6, 6.07) is 12.5. The zero-order valence-electron chi connectivity index (χ0n) is 17.2. The Bertz CT molecular complexity index is 1020.